The lowest BCUT2D eigenvalue weighted by molar-refractivity contribution is 0.140. The van der Waals surface area contributed by atoms with Crippen molar-refractivity contribution in [1.29, 1.82) is 0 Å². The highest BCUT2D eigenvalue weighted by Gasteiger charge is 2.04. The van der Waals surface area contributed by atoms with E-state index in [4.69, 9.17) is 10.2 Å². The van der Waals surface area contributed by atoms with Crippen molar-refractivity contribution in [1.82, 2.24) is 0 Å². The molecule has 1 unspecified atom stereocenters. The first-order valence-electron chi connectivity index (χ1n) is 3.63. The van der Waals surface area contributed by atoms with Crippen LogP contribution in [-0.2, 0) is 0 Å². The minimum absolute atomic E-state index is 0.0575. The first kappa shape index (κ1) is 8.92. The molecule has 0 aromatic carbocycles. The van der Waals surface area contributed by atoms with Gasteiger partial charge in [0.2, 0.25) is 0 Å². The summed E-state index contributed by atoms with van der Waals surface area (Å²) >= 11 is 0. The van der Waals surface area contributed by atoms with Gasteiger partial charge >= 0.3 is 0 Å². The third-order valence-electron chi connectivity index (χ3n) is 1.35. The molecule has 0 heterocycles. The van der Waals surface area contributed by atoms with Gasteiger partial charge in [0, 0.05) is 19.4 Å². The molecule has 1 atom stereocenters. The van der Waals surface area contributed by atoms with Crippen LogP contribution in [0.2, 0.25) is 0 Å². The normalized spacial score (nSPS) is 13.7. The fourth-order valence-electron chi connectivity index (χ4n) is 0.830. The summed E-state index contributed by atoms with van der Waals surface area (Å²) in [6, 6.07) is 0. The lowest BCUT2D eigenvalue weighted by atomic mass is 10.1. The van der Waals surface area contributed by atoms with Crippen molar-refractivity contribution in [3.05, 3.63) is 0 Å². The fourth-order valence-corrected chi connectivity index (χ4v) is 0.830. The zero-order chi connectivity index (χ0) is 7.11. The fraction of sp³-hybridized carbons (Fsp3) is 1.00. The highest BCUT2D eigenvalue weighted by Crippen LogP contribution is 2.02. The Labute approximate surface area is 56.5 Å². The zero-order valence-corrected chi connectivity index (χ0v) is 6.06. The maximum absolute atomic E-state index is 8.40. The van der Waals surface area contributed by atoms with E-state index in [1.165, 1.54) is 0 Å². The van der Waals surface area contributed by atoms with Crippen LogP contribution in [0, 0.1) is 0 Å². The van der Waals surface area contributed by atoms with Gasteiger partial charge in [-0.3, -0.25) is 0 Å². The van der Waals surface area contributed by atoms with Crippen LogP contribution < -0.4 is 0 Å². The first-order chi connectivity index (χ1) is 4.31. The smallest absolute Gasteiger partial charge is 0.153 e. The van der Waals surface area contributed by atoms with E-state index in [1.807, 2.05) is 0 Å². The summed E-state index contributed by atoms with van der Waals surface area (Å²) in [6.07, 6.45) is 3.75. The quantitative estimate of drug-likeness (QED) is 0.550. The molecule has 0 aliphatic heterocycles. The summed E-state index contributed by atoms with van der Waals surface area (Å²) < 4.78 is 0. The molecule has 9 heavy (non-hydrogen) atoms. The molecule has 0 aromatic rings. The van der Waals surface area contributed by atoms with Crippen LogP contribution in [0.3, 0.4) is 0 Å². The largest absolute Gasteiger partial charge is 0.443 e. The molecule has 0 saturated carbocycles. The average Bonchev–Trinajstić information content (AvgIpc) is 1.85. The van der Waals surface area contributed by atoms with Crippen LogP contribution in [0.4, 0.5) is 0 Å². The van der Waals surface area contributed by atoms with E-state index < -0.39 is 0 Å². The van der Waals surface area contributed by atoms with Crippen molar-refractivity contribution in [3.63, 3.8) is 0 Å². The van der Waals surface area contributed by atoms with Gasteiger partial charge < -0.3 is 10.2 Å². The lowest BCUT2D eigenvalue weighted by Crippen LogP contribution is -2.05. The Bertz CT molecular complexity index is 54.9. The molecular weight excluding hydrogens is 116 g/mol. The zero-order valence-electron chi connectivity index (χ0n) is 6.06. The van der Waals surface area contributed by atoms with Crippen molar-refractivity contribution in [2.24, 2.45) is 0 Å². The molecule has 2 nitrogen and oxygen atoms in total. The molecule has 0 rings (SSSR count). The predicted octanol–water partition coefficient (Wildman–Crippen LogP) is 0.652. The summed E-state index contributed by atoms with van der Waals surface area (Å²) in [7, 11) is 0. The molecule has 0 fully saturated rings. The number of aliphatic hydroxyl groups is 1. The lowest BCUT2D eigenvalue weighted by Gasteiger charge is -2.01. The molecular formula is C7H17O2+. The van der Waals surface area contributed by atoms with Crippen molar-refractivity contribution < 1.29 is 10.2 Å². The van der Waals surface area contributed by atoms with E-state index >= 15 is 0 Å². The monoisotopic (exact) mass is 133 g/mol. The van der Waals surface area contributed by atoms with Gasteiger partial charge in [-0.05, 0) is 12.8 Å². The van der Waals surface area contributed by atoms with Gasteiger partial charge in [0.05, 0.1) is 0 Å². The van der Waals surface area contributed by atoms with Crippen LogP contribution in [0.1, 0.15) is 32.6 Å². The number of hydrogen-bond donors (Lipinski definition) is 1. The summed E-state index contributed by atoms with van der Waals surface area (Å²) in [6.45, 7) is 2.32. The average molecular weight is 133 g/mol. The summed E-state index contributed by atoms with van der Waals surface area (Å²) in [4.78, 5) is 0. The van der Waals surface area contributed by atoms with Gasteiger partial charge in [-0.2, -0.15) is 0 Å². The third-order valence-corrected chi connectivity index (χ3v) is 1.35. The molecule has 0 amide bonds. The molecule has 0 spiro atoms. The minimum atomic E-state index is 0.0575. The van der Waals surface area contributed by atoms with Crippen LogP contribution in [0.15, 0.2) is 0 Å². The van der Waals surface area contributed by atoms with Gasteiger partial charge in [-0.15, -0.1) is 0 Å². The molecule has 0 saturated heterocycles. The first-order valence-corrected chi connectivity index (χ1v) is 3.63. The molecule has 0 bridgehead atoms. The molecule has 0 aliphatic rings. The molecule has 0 aliphatic carbocycles. The van der Waals surface area contributed by atoms with Gasteiger partial charge in [0.1, 0.15) is 0 Å². The number of rotatable bonds is 5. The summed E-state index contributed by atoms with van der Waals surface area (Å²) in [5.41, 5.74) is 0. The van der Waals surface area contributed by atoms with Crippen LogP contribution in [0.25, 0.3) is 0 Å². The minimum Gasteiger partial charge on any atom is -0.443 e. The number of hydrogen-bond acceptors (Lipinski definition) is 1. The van der Waals surface area contributed by atoms with Crippen LogP contribution >= 0.6 is 0 Å². The van der Waals surface area contributed by atoms with E-state index in [9.17, 15) is 0 Å². The topological polar surface area (TPSA) is 43.1 Å². The second kappa shape index (κ2) is 6.05. The van der Waals surface area contributed by atoms with Crippen LogP contribution in [-0.4, -0.2) is 22.9 Å². The predicted molar refractivity (Wildman–Crippen MR) is 38.6 cm³/mol. The third kappa shape index (κ3) is 5.80. The molecule has 3 N–H and O–H groups in total. The van der Waals surface area contributed by atoms with E-state index in [0.29, 0.717) is 0 Å². The highest BCUT2D eigenvalue weighted by atomic mass is 16.3. The molecule has 2 heteroatoms. The van der Waals surface area contributed by atoms with Crippen molar-refractivity contribution in [3.8, 4) is 0 Å². The molecule has 0 aromatic heterocycles. The van der Waals surface area contributed by atoms with Crippen molar-refractivity contribution in [2.75, 3.05) is 6.61 Å². The van der Waals surface area contributed by atoms with Gasteiger partial charge in [-0.25, -0.2) is 0 Å². The van der Waals surface area contributed by atoms with E-state index in [2.05, 4.69) is 6.92 Å². The standard InChI is InChI=1S/C7H16O2/c1-2-4-7(9)5-3-6-8/h7-9H,2-6H2,1H3/p+1. The van der Waals surface area contributed by atoms with Gasteiger partial charge in [0.15, 0.2) is 6.10 Å². The highest BCUT2D eigenvalue weighted by molar-refractivity contribution is 4.52. The van der Waals surface area contributed by atoms with E-state index in [0.717, 1.165) is 25.7 Å². The Hall–Kier alpha value is -0.0800. The molecule has 0 radical (unpaired) electrons. The van der Waals surface area contributed by atoms with Gasteiger partial charge in [-0.1, -0.05) is 6.92 Å². The van der Waals surface area contributed by atoms with E-state index in [1.54, 1.807) is 0 Å². The maximum Gasteiger partial charge on any atom is 0.153 e. The Morgan fingerprint density at radius 3 is 2.56 bits per heavy atom. The Morgan fingerprint density at radius 2 is 2.11 bits per heavy atom. The summed E-state index contributed by atoms with van der Waals surface area (Å²) in [5, 5.41) is 15.8. The molecule has 56 valence electrons. The Morgan fingerprint density at radius 1 is 1.44 bits per heavy atom. The Kier molecular flexibility index (Phi) is 5.99. The second-order valence-electron chi connectivity index (χ2n) is 2.35. The van der Waals surface area contributed by atoms with Crippen molar-refractivity contribution in [2.45, 2.75) is 38.7 Å². The Balaban J connectivity index is 2.95. The van der Waals surface area contributed by atoms with E-state index in [-0.39, 0.29) is 12.7 Å². The SMILES string of the molecule is CCCC([OH2+])CCCO. The van der Waals surface area contributed by atoms with Crippen LogP contribution in [0.5, 0.6) is 0 Å². The maximum atomic E-state index is 8.40. The van der Waals surface area contributed by atoms with Crippen molar-refractivity contribution >= 4 is 0 Å². The second-order valence-corrected chi connectivity index (χ2v) is 2.35. The van der Waals surface area contributed by atoms with Gasteiger partial charge in [0.25, 0.3) is 0 Å². The summed E-state index contributed by atoms with van der Waals surface area (Å²) in [5.74, 6) is 0. The number of aliphatic hydroxyl groups excluding tert-OH is 1.